The third-order valence-corrected chi connectivity index (χ3v) is 4.83. The summed E-state index contributed by atoms with van der Waals surface area (Å²) in [6.07, 6.45) is 5.50. The Bertz CT molecular complexity index is 324. The maximum absolute atomic E-state index is 12.6. The quantitative estimate of drug-likeness (QED) is 0.741. The van der Waals surface area contributed by atoms with Crippen LogP contribution < -0.4 is 5.73 Å². The van der Waals surface area contributed by atoms with Gasteiger partial charge in [-0.1, -0.05) is 0 Å². The molecule has 96 valence electrons. The molecule has 4 nitrogen and oxygen atoms in total. The highest BCUT2D eigenvalue weighted by atomic mass is 16.3. The monoisotopic (exact) mass is 238 g/mol. The Morgan fingerprint density at radius 2 is 1.76 bits per heavy atom. The van der Waals surface area contributed by atoms with Crippen molar-refractivity contribution < 1.29 is 9.90 Å². The van der Waals surface area contributed by atoms with E-state index in [-0.39, 0.29) is 24.1 Å². The van der Waals surface area contributed by atoms with Crippen molar-refractivity contribution in [2.45, 2.75) is 69.2 Å². The Labute approximate surface area is 102 Å². The van der Waals surface area contributed by atoms with Crippen molar-refractivity contribution in [3.05, 3.63) is 0 Å². The summed E-state index contributed by atoms with van der Waals surface area (Å²) in [5.41, 5.74) is 5.55. The number of piperidine rings is 1. The summed E-state index contributed by atoms with van der Waals surface area (Å²) in [5, 5.41) is 9.74. The Morgan fingerprint density at radius 3 is 2.24 bits per heavy atom. The summed E-state index contributed by atoms with van der Waals surface area (Å²) in [6, 6.07) is 0.468. The molecule has 0 aromatic heterocycles. The number of aliphatic hydroxyl groups excluding tert-OH is 1. The molecule has 2 heterocycles. The first-order chi connectivity index (χ1) is 8.00. The molecule has 1 aliphatic carbocycles. The standard InChI is InChI=1S/C13H22N2O2/c1-13(14,8-2-3-8)12(17)15-9-4-5-10(15)7-11(16)6-9/h8-11,16H,2-7,14H2,1H3. The number of fused-ring (bicyclic) bond motifs is 2. The minimum absolute atomic E-state index is 0.124. The lowest BCUT2D eigenvalue weighted by Crippen LogP contribution is -2.60. The lowest BCUT2D eigenvalue weighted by atomic mass is 9.91. The Hall–Kier alpha value is -0.610. The normalized spacial score (nSPS) is 40.2. The van der Waals surface area contributed by atoms with E-state index in [0.717, 1.165) is 38.5 Å². The fraction of sp³-hybridized carbons (Fsp3) is 0.923. The van der Waals surface area contributed by atoms with Gasteiger partial charge in [-0.2, -0.15) is 0 Å². The van der Waals surface area contributed by atoms with Crippen LogP contribution in [0.2, 0.25) is 0 Å². The van der Waals surface area contributed by atoms with Gasteiger partial charge in [0.15, 0.2) is 0 Å². The van der Waals surface area contributed by atoms with Crippen LogP contribution in [0.15, 0.2) is 0 Å². The molecule has 1 amide bonds. The van der Waals surface area contributed by atoms with Gasteiger partial charge in [0, 0.05) is 12.1 Å². The van der Waals surface area contributed by atoms with Crippen molar-refractivity contribution in [1.29, 1.82) is 0 Å². The second kappa shape index (κ2) is 3.69. The van der Waals surface area contributed by atoms with Gasteiger partial charge in [-0.25, -0.2) is 0 Å². The Kier molecular flexibility index (Phi) is 2.49. The van der Waals surface area contributed by atoms with Crippen LogP contribution in [0.5, 0.6) is 0 Å². The van der Waals surface area contributed by atoms with E-state index >= 15 is 0 Å². The van der Waals surface area contributed by atoms with Crippen molar-refractivity contribution in [2.24, 2.45) is 11.7 Å². The van der Waals surface area contributed by atoms with Gasteiger partial charge in [0.05, 0.1) is 11.6 Å². The van der Waals surface area contributed by atoms with E-state index in [9.17, 15) is 9.90 Å². The molecule has 1 saturated carbocycles. The zero-order valence-electron chi connectivity index (χ0n) is 10.4. The number of hydrogen-bond acceptors (Lipinski definition) is 3. The van der Waals surface area contributed by atoms with Crippen LogP contribution in [-0.4, -0.2) is 39.6 Å². The molecule has 0 radical (unpaired) electrons. The predicted octanol–water partition coefficient (Wildman–Crippen LogP) is 0.628. The Morgan fingerprint density at radius 1 is 1.24 bits per heavy atom. The van der Waals surface area contributed by atoms with Crippen molar-refractivity contribution in [1.82, 2.24) is 4.90 Å². The maximum atomic E-state index is 12.6. The number of nitrogens with two attached hydrogens (primary N) is 1. The minimum Gasteiger partial charge on any atom is -0.393 e. The second-order valence-corrected chi connectivity index (χ2v) is 6.28. The summed E-state index contributed by atoms with van der Waals surface area (Å²) in [6.45, 7) is 1.89. The SMILES string of the molecule is CC(N)(C(=O)N1C2CCC1CC(O)C2)C1CC1. The topological polar surface area (TPSA) is 66.6 Å². The number of rotatable bonds is 2. The molecule has 0 aromatic rings. The largest absolute Gasteiger partial charge is 0.393 e. The molecule has 3 rings (SSSR count). The highest BCUT2D eigenvalue weighted by Gasteiger charge is 2.51. The molecule has 3 aliphatic rings. The third-order valence-electron chi connectivity index (χ3n) is 4.83. The van der Waals surface area contributed by atoms with E-state index in [1.54, 1.807) is 0 Å². The highest BCUT2D eigenvalue weighted by Crippen LogP contribution is 2.43. The maximum Gasteiger partial charge on any atom is 0.243 e. The molecular weight excluding hydrogens is 216 g/mol. The number of amides is 1. The molecule has 3 atom stereocenters. The third kappa shape index (κ3) is 1.78. The Balaban J connectivity index is 1.78. The average Bonchev–Trinajstić information content (AvgIpc) is 3.05. The van der Waals surface area contributed by atoms with Crippen molar-refractivity contribution >= 4 is 5.91 Å². The number of hydrogen-bond donors (Lipinski definition) is 2. The van der Waals surface area contributed by atoms with Gasteiger partial charge in [0.25, 0.3) is 0 Å². The van der Waals surface area contributed by atoms with Gasteiger partial charge >= 0.3 is 0 Å². The highest BCUT2D eigenvalue weighted by molar-refractivity contribution is 5.87. The van der Waals surface area contributed by atoms with Gasteiger partial charge in [0.2, 0.25) is 5.91 Å². The van der Waals surface area contributed by atoms with E-state index in [1.807, 2.05) is 11.8 Å². The molecule has 2 saturated heterocycles. The number of carbonyl (C=O) groups excluding carboxylic acids is 1. The molecule has 4 heteroatoms. The first-order valence-electron chi connectivity index (χ1n) is 6.80. The molecule has 0 spiro atoms. The summed E-state index contributed by atoms with van der Waals surface area (Å²) < 4.78 is 0. The second-order valence-electron chi connectivity index (χ2n) is 6.28. The number of nitrogens with zero attached hydrogens (tertiary/aromatic N) is 1. The van der Waals surface area contributed by atoms with Crippen LogP contribution in [0, 0.1) is 5.92 Å². The van der Waals surface area contributed by atoms with Crippen LogP contribution >= 0.6 is 0 Å². The van der Waals surface area contributed by atoms with Crippen LogP contribution in [-0.2, 0) is 4.79 Å². The summed E-state index contributed by atoms with van der Waals surface area (Å²) >= 11 is 0. The summed E-state index contributed by atoms with van der Waals surface area (Å²) in [5.74, 6) is 0.501. The van der Waals surface area contributed by atoms with Crippen LogP contribution in [0.25, 0.3) is 0 Å². The summed E-state index contributed by atoms with van der Waals surface area (Å²) in [4.78, 5) is 14.6. The smallest absolute Gasteiger partial charge is 0.243 e. The van der Waals surface area contributed by atoms with Gasteiger partial charge < -0.3 is 15.7 Å². The van der Waals surface area contributed by atoms with Crippen molar-refractivity contribution in [3.8, 4) is 0 Å². The summed E-state index contributed by atoms with van der Waals surface area (Å²) in [7, 11) is 0. The molecule has 17 heavy (non-hydrogen) atoms. The first-order valence-corrected chi connectivity index (χ1v) is 6.80. The number of aliphatic hydroxyl groups is 1. The average molecular weight is 238 g/mol. The zero-order valence-corrected chi connectivity index (χ0v) is 10.4. The lowest BCUT2D eigenvalue weighted by Gasteiger charge is -2.41. The molecule has 2 aliphatic heterocycles. The van der Waals surface area contributed by atoms with Gasteiger partial charge in [-0.15, -0.1) is 0 Å². The van der Waals surface area contributed by atoms with Crippen LogP contribution in [0.4, 0.5) is 0 Å². The van der Waals surface area contributed by atoms with E-state index < -0.39 is 5.54 Å². The van der Waals surface area contributed by atoms with E-state index in [0.29, 0.717) is 5.92 Å². The molecular formula is C13H22N2O2. The minimum atomic E-state index is -0.677. The molecule has 3 unspecified atom stereocenters. The molecule has 2 bridgehead atoms. The van der Waals surface area contributed by atoms with Gasteiger partial charge in [0.1, 0.15) is 0 Å². The van der Waals surface area contributed by atoms with Crippen molar-refractivity contribution in [3.63, 3.8) is 0 Å². The zero-order chi connectivity index (χ0) is 12.2. The predicted molar refractivity (Wildman–Crippen MR) is 64.2 cm³/mol. The van der Waals surface area contributed by atoms with E-state index in [2.05, 4.69) is 0 Å². The lowest BCUT2D eigenvalue weighted by molar-refractivity contribution is -0.143. The molecule has 3 fully saturated rings. The van der Waals surface area contributed by atoms with E-state index in [1.165, 1.54) is 0 Å². The fourth-order valence-corrected chi connectivity index (χ4v) is 3.62. The van der Waals surface area contributed by atoms with Crippen molar-refractivity contribution in [2.75, 3.05) is 0 Å². The number of carbonyl (C=O) groups is 1. The fourth-order valence-electron chi connectivity index (χ4n) is 3.62. The van der Waals surface area contributed by atoms with Crippen LogP contribution in [0.3, 0.4) is 0 Å². The van der Waals surface area contributed by atoms with Gasteiger partial charge in [-0.3, -0.25) is 4.79 Å². The first kappa shape index (κ1) is 11.5. The van der Waals surface area contributed by atoms with Crippen LogP contribution in [0.1, 0.15) is 45.4 Å². The van der Waals surface area contributed by atoms with Gasteiger partial charge in [-0.05, 0) is 51.4 Å². The molecule has 3 N–H and O–H groups in total. The van der Waals surface area contributed by atoms with E-state index in [4.69, 9.17) is 5.73 Å². The molecule has 0 aromatic carbocycles.